The van der Waals surface area contributed by atoms with Gasteiger partial charge < -0.3 is 15.2 Å². The van der Waals surface area contributed by atoms with Gasteiger partial charge in [0.1, 0.15) is 5.75 Å². The van der Waals surface area contributed by atoms with Crippen molar-refractivity contribution < 1.29 is 9.84 Å². The summed E-state index contributed by atoms with van der Waals surface area (Å²) in [4.78, 5) is 4.05. The van der Waals surface area contributed by atoms with Gasteiger partial charge in [0, 0.05) is 24.3 Å². The van der Waals surface area contributed by atoms with Crippen LogP contribution in [0.3, 0.4) is 0 Å². The maximum atomic E-state index is 9.93. The Morgan fingerprint density at radius 3 is 3.06 bits per heavy atom. The summed E-state index contributed by atoms with van der Waals surface area (Å²) in [7, 11) is 0. The largest absolute Gasteiger partial charge is 0.492 e. The van der Waals surface area contributed by atoms with E-state index in [1.807, 2.05) is 13.0 Å². The Labute approximate surface area is 95.7 Å². The first-order valence-electron chi connectivity index (χ1n) is 5.78. The smallest absolute Gasteiger partial charge is 0.137 e. The first-order chi connectivity index (χ1) is 7.79. The SMILES string of the molecule is CCOc1cncc(C(O)CNC2CC2)c1. The summed E-state index contributed by atoms with van der Waals surface area (Å²) in [6.07, 6.45) is 5.29. The number of hydrogen-bond acceptors (Lipinski definition) is 4. The van der Waals surface area contributed by atoms with E-state index < -0.39 is 6.10 Å². The Balaban J connectivity index is 1.92. The first-order valence-corrected chi connectivity index (χ1v) is 5.78. The van der Waals surface area contributed by atoms with Gasteiger partial charge >= 0.3 is 0 Å². The molecule has 16 heavy (non-hydrogen) atoms. The van der Waals surface area contributed by atoms with Crippen LogP contribution in [0.25, 0.3) is 0 Å². The Morgan fingerprint density at radius 1 is 1.56 bits per heavy atom. The second-order valence-corrected chi connectivity index (χ2v) is 4.09. The summed E-state index contributed by atoms with van der Waals surface area (Å²) in [6, 6.07) is 2.45. The van der Waals surface area contributed by atoms with Crippen LogP contribution < -0.4 is 10.1 Å². The highest BCUT2D eigenvalue weighted by atomic mass is 16.5. The van der Waals surface area contributed by atoms with E-state index in [0.717, 1.165) is 5.56 Å². The number of nitrogens with zero attached hydrogens (tertiary/aromatic N) is 1. The van der Waals surface area contributed by atoms with Gasteiger partial charge in [-0.05, 0) is 25.8 Å². The molecule has 1 atom stereocenters. The van der Waals surface area contributed by atoms with Gasteiger partial charge in [-0.15, -0.1) is 0 Å². The highest BCUT2D eigenvalue weighted by molar-refractivity contribution is 5.25. The topological polar surface area (TPSA) is 54.4 Å². The van der Waals surface area contributed by atoms with Crippen molar-refractivity contribution in [1.29, 1.82) is 0 Å². The fraction of sp³-hybridized carbons (Fsp3) is 0.583. The third-order valence-corrected chi connectivity index (χ3v) is 2.61. The molecule has 0 radical (unpaired) electrons. The second kappa shape index (κ2) is 5.27. The van der Waals surface area contributed by atoms with Crippen molar-refractivity contribution >= 4 is 0 Å². The minimum atomic E-state index is -0.506. The van der Waals surface area contributed by atoms with Crippen molar-refractivity contribution in [3.63, 3.8) is 0 Å². The summed E-state index contributed by atoms with van der Waals surface area (Å²) in [5.74, 6) is 0.713. The summed E-state index contributed by atoms with van der Waals surface area (Å²) < 4.78 is 5.34. The number of aliphatic hydroxyl groups is 1. The lowest BCUT2D eigenvalue weighted by Crippen LogP contribution is -2.23. The molecule has 0 bridgehead atoms. The van der Waals surface area contributed by atoms with Crippen LogP contribution in [0.2, 0.25) is 0 Å². The van der Waals surface area contributed by atoms with Crippen molar-refractivity contribution in [1.82, 2.24) is 10.3 Å². The average Bonchev–Trinajstić information content (AvgIpc) is 3.10. The Kier molecular flexibility index (Phi) is 3.74. The van der Waals surface area contributed by atoms with Gasteiger partial charge in [0.05, 0.1) is 18.9 Å². The number of aromatic nitrogens is 1. The molecular formula is C12H18N2O2. The number of pyridine rings is 1. The molecule has 2 rings (SSSR count). The van der Waals surface area contributed by atoms with E-state index in [0.29, 0.717) is 24.9 Å². The number of rotatable bonds is 6. The molecule has 0 aliphatic heterocycles. The van der Waals surface area contributed by atoms with Gasteiger partial charge in [-0.25, -0.2) is 0 Å². The summed E-state index contributed by atoms with van der Waals surface area (Å²) in [5, 5.41) is 13.2. The molecule has 0 amide bonds. The fourth-order valence-electron chi connectivity index (χ4n) is 1.55. The minimum Gasteiger partial charge on any atom is -0.492 e. The molecule has 0 aromatic carbocycles. The lowest BCUT2D eigenvalue weighted by Gasteiger charge is -2.12. The zero-order valence-corrected chi connectivity index (χ0v) is 9.52. The van der Waals surface area contributed by atoms with Crippen LogP contribution in [0.1, 0.15) is 31.4 Å². The van der Waals surface area contributed by atoms with E-state index in [4.69, 9.17) is 4.74 Å². The molecule has 0 saturated heterocycles. The highest BCUT2D eigenvalue weighted by Crippen LogP contribution is 2.21. The van der Waals surface area contributed by atoms with E-state index in [9.17, 15) is 5.11 Å². The van der Waals surface area contributed by atoms with Crippen LogP contribution in [0.4, 0.5) is 0 Å². The first kappa shape index (κ1) is 11.4. The van der Waals surface area contributed by atoms with Crippen LogP contribution in [-0.2, 0) is 0 Å². The number of hydrogen-bond donors (Lipinski definition) is 2. The zero-order valence-electron chi connectivity index (χ0n) is 9.52. The third kappa shape index (κ3) is 3.18. The van der Waals surface area contributed by atoms with Crippen molar-refractivity contribution in [2.24, 2.45) is 0 Å². The van der Waals surface area contributed by atoms with Crippen molar-refractivity contribution in [3.8, 4) is 5.75 Å². The highest BCUT2D eigenvalue weighted by Gasteiger charge is 2.21. The predicted molar refractivity (Wildman–Crippen MR) is 61.4 cm³/mol. The van der Waals surface area contributed by atoms with Gasteiger partial charge in [0.2, 0.25) is 0 Å². The van der Waals surface area contributed by atoms with Gasteiger partial charge in [-0.3, -0.25) is 4.98 Å². The maximum Gasteiger partial charge on any atom is 0.137 e. The summed E-state index contributed by atoms with van der Waals surface area (Å²) >= 11 is 0. The monoisotopic (exact) mass is 222 g/mol. The summed E-state index contributed by atoms with van der Waals surface area (Å²) in [6.45, 7) is 3.13. The average molecular weight is 222 g/mol. The van der Waals surface area contributed by atoms with E-state index in [1.54, 1.807) is 12.4 Å². The third-order valence-electron chi connectivity index (χ3n) is 2.61. The van der Waals surface area contributed by atoms with Crippen LogP contribution in [0.5, 0.6) is 5.75 Å². The van der Waals surface area contributed by atoms with E-state index >= 15 is 0 Å². The Hall–Kier alpha value is -1.13. The number of nitrogens with one attached hydrogen (secondary N) is 1. The molecule has 1 aromatic rings. The molecule has 1 fully saturated rings. The van der Waals surface area contributed by atoms with Crippen molar-refractivity contribution in [2.45, 2.75) is 31.9 Å². The van der Waals surface area contributed by atoms with E-state index in [2.05, 4.69) is 10.3 Å². The molecule has 4 heteroatoms. The second-order valence-electron chi connectivity index (χ2n) is 4.09. The Morgan fingerprint density at radius 2 is 2.38 bits per heavy atom. The molecule has 1 aromatic heterocycles. The van der Waals surface area contributed by atoms with Crippen molar-refractivity contribution in [2.75, 3.05) is 13.2 Å². The van der Waals surface area contributed by atoms with Gasteiger partial charge in [0.25, 0.3) is 0 Å². The maximum absolute atomic E-state index is 9.93. The zero-order chi connectivity index (χ0) is 11.4. The molecule has 88 valence electrons. The molecule has 4 nitrogen and oxygen atoms in total. The van der Waals surface area contributed by atoms with Crippen LogP contribution in [-0.4, -0.2) is 29.3 Å². The fourth-order valence-corrected chi connectivity index (χ4v) is 1.55. The Bertz CT molecular complexity index is 340. The lowest BCUT2D eigenvalue weighted by atomic mass is 10.1. The molecule has 1 saturated carbocycles. The lowest BCUT2D eigenvalue weighted by molar-refractivity contribution is 0.173. The number of aliphatic hydroxyl groups excluding tert-OH is 1. The normalized spacial score (nSPS) is 17.1. The van der Waals surface area contributed by atoms with Crippen LogP contribution in [0.15, 0.2) is 18.5 Å². The quantitative estimate of drug-likeness (QED) is 0.761. The molecule has 2 N–H and O–H groups in total. The van der Waals surface area contributed by atoms with E-state index in [-0.39, 0.29) is 0 Å². The minimum absolute atomic E-state index is 0.506. The molecule has 1 aliphatic carbocycles. The molecule has 1 aliphatic rings. The molecule has 1 unspecified atom stereocenters. The van der Waals surface area contributed by atoms with Gasteiger partial charge in [0.15, 0.2) is 0 Å². The molecular weight excluding hydrogens is 204 g/mol. The predicted octanol–water partition coefficient (Wildman–Crippen LogP) is 1.27. The van der Waals surface area contributed by atoms with Crippen LogP contribution in [0, 0.1) is 0 Å². The van der Waals surface area contributed by atoms with Crippen molar-refractivity contribution in [3.05, 3.63) is 24.0 Å². The summed E-state index contributed by atoms with van der Waals surface area (Å²) in [5.41, 5.74) is 0.805. The van der Waals surface area contributed by atoms with Crippen LogP contribution >= 0.6 is 0 Å². The van der Waals surface area contributed by atoms with E-state index in [1.165, 1.54) is 12.8 Å². The number of ether oxygens (including phenoxy) is 1. The standard InChI is InChI=1S/C12H18N2O2/c1-2-16-11-5-9(6-13-7-11)12(15)8-14-10-3-4-10/h5-7,10,12,14-15H,2-4,8H2,1H3. The van der Waals surface area contributed by atoms with Gasteiger partial charge in [-0.1, -0.05) is 0 Å². The van der Waals surface area contributed by atoms with Gasteiger partial charge in [-0.2, -0.15) is 0 Å². The molecule has 0 spiro atoms. The molecule has 1 heterocycles.